The van der Waals surface area contributed by atoms with Crippen molar-refractivity contribution in [3.8, 4) is 17.3 Å². The van der Waals surface area contributed by atoms with E-state index < -0.39 is 10.7 Å². The van der Waals surface area contributed by atoms with Crippen molar-refractivity contribution < 1.29 is 18.8 Å². The molecule has 2 aromatic carbocycles. The van der Waals surface area contributed by atoms with Crippen LogP contribution >= 0.6 is 0 Å². The van der Waals surface area contributed by atoms with Crippen LogP contribution in [0, 0.1) is 29.8 Å². The molecule has 0 N–H and O–H groups in total. The van der Waals surface area contributed by atoms with Gasteiger partial charge in [-0.2, -0.15) is 9.78 Å². The molecule has 0 radical (unpaired) electrons. The predicted molar refractivity (Wildman–Crippen MR) is 113 cm³/mol. The largest absolute Gasteiger partial charge is 0.436 e. The van der Waals surface area contributed by atoms with Crippen LogP contribution in [0.1, 0.15) is 35.0 Å². The average Bonchev–Trinajstić information content (AvgIpc) is 3.05. The molecule has 0 saturated heterocycles. The number of ether oxygens (including phenoxy) is 1. The molecule has 9 heteroatoms. The molecule has 0 bridgehead atoms. The summed E-state index contributed by atoms with van der Waals surface area (Å²) < 4.78 is 21.7. The highest BCUT2D eigenvalue weighted by Crippen LogP contribution is 2.33. The molecule has 0 spiro atoms. The average molecular weight is 426 g/mol. The molecule has 0 saturated carbocycles. The van der Waals surface area contributed by atoms with E-state index in [2.05, 4.69) is 5.10 Å². The minimum absolute atomic E-state index is 0.157. The maximum Gasteiger partial charge on any atom is 0.274 e. The number of aromatic nitrogens is 2. The Hall–Kier alpha value is -3.75. The number of carbonyl (C=O) groups excluding carboxylic acids is 1. The third kappa shape index (κ3) is 4.55. The maximum atomic E-state index is 14.5. The van der Waals surface area contributed by atoms with Gasteiger partial charge < -0.3 is 9.64 Å². The lowest BCUT2D eigenvalue weighted by Gasteiger charge is -2.14. The third-order valence-corrected chi connectivity index (χ3v) is 4.79. The molecule has 31 heavy (non-hydrogen) atoms. The number of rotatable bonds is 7. The van der Waals surface area contributed by atoms with Crippen LogP contribution in [-0.2, 0) is 0 Å². The van der Waals surface area contributed by atoms with Gasteiger partial charge in [0.1, 0.15) is 0 Å². The van der Waals surface area contributed by atoms with Crippen molar-refractivity contribution in [1.29, 1.82) is 0 Å². The van der Waals surface area contributed by atoms with Crippen molar-refractivity contribution >= 4 is 11.6 Å². The Bertz CT molecular complexity index is 1130. The predicted octanol–water partition coefficient (Wildman–Crippen LogP) is 4.81. The number of nitrogens with zero attached hydrogens (tertiary/aromatic N) is 4. The van der Waals surface area contributed by atoms with E-state index in [0.29, 0.717) is 17.8 Å². The number of nitro groups is 1. The molecule has 0 aliphatic carbocycles. The zero-order chi connectivity index (χ0) is 22.7. The summed E-state index contributed by atoms with van der Waals surface area (Å²) in [5, 5.41) is 15.3. The molecular weight excluding hydrogens is 403 g/mol. The van der Waals surface area contributed by atoms with Crippen LogP contribution in [-0.4, -0.2) is 39.1 Å². The van der Waals surface area contributed by atoms with Crippen molar-refractivity contribution in [2.24, 2.45) is 0 Å². The van der Waals surface area contributed by atoms with Crippen LogP contribution in [0.4, 0.5) is 10.1 Å². The van der Waals surface area contributed by atoms with Gasteiger partial charge in [-0.3, -0.25) is 14.9 Å². The second kappa shape index (κ2) is 8.95. The van der Waals surface area contributed by atoms with Gasteiger partial charge in [0.25, 0.3) is 11.6 Å². The van der Waals surface area contributed by atoms with E-state index in [1.54, 1.807) is 18.9 Å². The second-order valence-corrected chi connectivity index (χ2v) is 7.23. The number of nitro benzene ring substituents is 1. The molecule has 0 aliphatic heterocycles. The molecule has 3 aromatic rings. The van der Waals surface area contributed by atoms with E-state index in [1.807, 2.05) is 38.1 Å². The van der Waals surface area contributed by atoms with Gasteiger partial charge in [-0.15, -0.1) is 0 Å². The summed E-state index contributed by atoms with van der Waals surface area (Å²) in [4.78, 5) is 24.6. The Morgan fingerprint density at radius 1 is 1.23 bits per heavy atom. The minimum atomic E-state index is -0.888. The van der Waals surface area contributed by atoms with Gasteiger partial charge in [0.05, 0.1) is 16.7 Å². The quantitative estimate of drug-likeness (QED) is 0.399. The number of halogens is 1. The number of hydrogen-bond donors (Lipinski definition) is 0. The van der Waals surface area contributed by atoms with E-state index in [4.69, 9.17) is 4.74 Å². The zero-order valence-electron chi connectivity index (χ0n) is 17.8. The van der Waals surface area contributed by atoms with Crippen LogP contribution in [0.2, 0.25) is 0 Å². The Balaban J connectivity index is 2.10. The first kappa shape index (κ1) is 21.9. The summed E-state index contributed by atoms with van der Waals surface area (Å²) >= 11 is 0. The highest BCUT2D eigenvalue weighted by molar-refractivity contribution is 5.94. The van der Waals surface area contributed by atoms with E-state index in [1.165, 1.54) is 10.7 Å². The summed E-state index contributed by atoms with van der Waals surface area (Å²) in [6.45, 7) is 6.13. The molecule has 0 aliphatic rings. The molecular formula is C22H23FN4O4. The van der Waals surface area contributed by atoms with Gasteiger partial charge in [0.2, 0.25) is 5.88 Å². The summed E-state index contributed by atoms with van der Waals surface area (Å²) in [7, 11) is 1.69. The van der Waals surface area contributed by atoms with Crippen LogP contribution < -0.4 is 4.74 Å². The molecule has 1 amide bonds. The first-order valence-electron chi connectivity index (χ1n) is 9.76. The van der Waals surface area contributed by atoms with Gasteiger partial charge in [-0.25, -0.2) is 4.39 Å². The van der Waals surface area contributed by atoms with E-state index in [9.17, 15) is 19.3 Å². The number of amides is 1. The molecule has 0 unspecified atom stereocenters. The Labute approximate surface area is 179 Å². The topological polar surface area (TPSA) is 90.5 Å². The van der Waals surface area contributed by atoms with Crippen molar-refractivity contribution in [2.75, 3.05) is 13.6 Å². The maximum absolute atomic E-state index is 14.5. The molecule has 1 heterocycles. The zero-order valence-corrected chi connectivity index (χ0v) is 17.8. The third-order valence-electron chi connectivity index (χ3n) is 4.79. The number of hydrogen-bond acceptors (Lipinski definition) is 5. The van der Waals surface area contributed by atoms with Gasteiger partial charge in [0.15, 0.2) is 17.3 Å². The second-order valence-electron chi connectivity index (χ2n) is 7.23. The lowest BCUT2D eigenvalue weighted by atomic mass is 10.2. The molecule has 8 nitrogen and oxygen atoms in total. The Morgan fingerprint density at radius 2 is 1.90 bits per heavy atom. The number of carbonyl (C=O) groups is 1. The van der Waals surface area contributed by atoms with Gasteiger partial charge >= 0.3 is 0 Å². The fraction of sp³-hybridized carbons (Fsp3) is 0.273. The summed E-state index contributed by atoms with van der Waals surface area (Å²) in [6, 6.07) is 10.5. The van der Waals surface area contributed by atoms with Gasteiger partial charge in [-0.1, -0.05) is 24.6 Å². The van der Waals surface area contributed by atoms with Crippen LogP contribution in [0.5, 0.6) is 11.6 Å². The van der Waals surface area contributed by atoms with E-state index >= 15 is 0 Å². The number of aryl methyl sites for hydroxylation is 1. The molecule has 162 valence electrons. The first-order chi connectivity index (χ1) is 14.7. The summed E-state index contributed by atoms with van der Waals surface area (Å²) in [6.07, 6.45) is 0.789. The van der Waals surface area contributed by atoms with Crippen molar-refractivity contribution in [1.82, 2.24) is 14.7 Å². The highest BCUT2D eigenvalue weighted by atomic mass is 19.1. The van der Waals surface area contributed by atoms with Crippen LogP contribution in [0.3, 0.4) is 0 Å². The number of non-ortho nitro benzene ring substituents is 1. The molecule has 0 fully saturated rings. The highest BCUT2D eigenvalue weighted by Gasteiger charge is 2.25. The lowest BCUT2D eigenvalue weighted by molar-refractivity contribution is -0.385. The first-order valence-corrected chi connectivity index (χ1v) is 9.76. The normalized spacial score (nSPS) is 10.7. The minimum Gasteiger partial charge on any atom is -0.436 e. The van der Waals surface area contributed by atoms with Crippen LogP contribution in [0.15, 0.2) is 42.5 Å². The molecule has 3 rings (SSSR count). The fourth-order valence-corrected chi connectivity index (χ4v) is 3.07. The molecule has 1 aromatic heterocycles. The monoisotopic (exact) mass is 426 g/mol. The van der Waals surface area contributed by atoms with Gasteiger partial charge in [-0.05, 0) is 38.5 Å². The van der Waals surface area contributed by atoms with Crippen molar-refractivity contribution in [3.05, 3.63) is 75.2 Å². The lowest BCUT2D eigenvalue weighted by Crippen LogP contribution is -2.28. The smallest absolute Gasteiger partial charge is 0.274 e. The van der Waals surface area contributed by atoms with Crippen LogP contribution in [0.25, 0.3) is 5.69 Å². The SMILES string of the molecule is CCCN(C)C(=O)c1nn(-c2ccc(C)cc2)c(Oc2ccc([N+](=O)[O-])cc2F)c1C. The Kier molecular flexibility index (Phi) is 6.33. The van der Waals surface area contributed by atoms with E-state index in [-0.39, 0.29) is 28.9 Å². The van der Waals surface area contributed by atoms with Crippen molar-refractivity contribution in [2.45, 2.75) is 27.2 Å². The Morgan fingerprint density at radius 3 is 2.48 bits per heavy atom. The number of benzene rings is 2. The van der Waals surface area contributed by atoms with E-state index in [0.717, 1.165) is 24.1 Å². The standard InChI is InChI=1S/C22H23FN4O4/c1-5-12-25(4)21(28)20-15(3)22(26(24-20)16-8-6-14(2)7-9-16)31-19-11-10-17(27(29)30)13-18(19)23/h6-11,13H,5,12H2,1-4H3. The summed E-state index contributed by atoms with van der Waals surface area (Å²) in [5.74, 6) is -1.21. The fourth-order valence-electron chi connectivity index (χ4n) is 3.07. The summed E-state index contributed by atoms with van der Waals surface area (Å²) in [5.41, 5.74) is 1.91. The van der Waals surface area contributed by atoms with Crippen molar-refractivity contribution in [3.63, 3.8) is 0 Å². The molecule has 0 atom stereocenters. The van der Waals surface area contributed by atoms with Gasteiger partial charge in [0, 0.05) is 25.2 Å².